The monoisotopic (exact) mass is 429 g/mol. The van der Waals surface area contributed by atoms with E-state index in [0.29, 0.717) is 0 Å². The van der Waals surface area contributed by atoms with E-state index >= 15 is 0 Å². The second-order valence-electron chi connectivity index (χ2n) is 5.09. The van der Waals surface area contributed by atoms with Crippen LogP contribution in [0.1, 0.15) is 16.0 Å². The van der Waals surface area contributed by atoms with Gasteiger partial charge in [-0.25, -0.2) is 0 Å². The van der Waals surface area contributed by atoms with Crippen molar-refractivity contribution in [1.82, 2.24) is 10.2 Å². The molecule has 0 aliphatic carbocycles. The molecule has 0 radical (unpaired) electrons. The summed E-state index contributed by atoms with van der Waals surface area (Å²) in [6, 6.07) is 12.8. The summed E-state index contributed by atoms with van der Waals surface area (Å²) in [7, 11) is 3.91. The fourth-order valence-corrected chi connectivity index (χ4v) is 2.96. The van der Waals surface area contributed by atoms with Gasteiger partial charge in [-0.2, -0.15) is 0 Å². The van der Waals surface area contributed by atoms with Gasteiger partial charge in [-0.15, -0.1) is 35.3 Å². The van der Waals surface area contributed by atoms with Crippen LogP contribution in [0.5, 0.6) is 0 Å². The summed E-state index contributed by atoms with van der Waals surface area (Å²) in [4.78, 5) is 7.93. The molecule has 0 aliphatic heterocycles. The molecule has 0 saturated carbocycles. The molecule has 120 valence electrons. The van der Waals surface area contributed by atoms with Crippen molar-refractivity contribution in [3.63, 3.8) is 0 Å². The molecule has 0 fully saturated rings. The molecule has 5 heteroatoms. The third-order valence-corrected chi connectivity index (χ3v) is 4.41. The lowest BCUT2D eigenvalue weighted by Crippen LogP contribution is -2.39. The molecule has 22 heavy (non-hydrogen) atoms. The summed E-state index contributed by atoms with van der Waals surface area (Å²) < 4.78 is 0. The van der Waals surface area contributed by atoms with Crippen molar-refractivity contribution in [2.24, 2.45) is 4.99 Å². The Balaban J connectivity index is 0.00000242. The first kappa shape index (κ1) is 19.0. The summed E-state index contributed by atoms with van der Waals surface area (Å²) in [6.45, 7) is 3.92. The molecule has 1 aromatic carbocycles. The van der Waals surface area contributed by atoms with Gasteiger partial charge < -0.3 is 10.2 Å². The first-order valence-corrected chi connectivity index (χ1v) is 8.07. The molecule has 0 atom stereocenters. The van der Waals surface area contributed by atoms with Crippen molar-refractivity contribution in [2.45, 2.75) is 19.9 Å². The molecular formula is C17H24IN3S. The molecule has 1 aromatic heterocycles. The lowest BCUT2D eigenvalue weighted by molar-refractivity contribution is 0.476. The third-order valence-electron chi connectivity index (χ3n) is 3.48. The Bertz CT molecular complexity index is 581. The molecule has 0 aliphatic rings. The summed E-state index contributed by atoms with van der Waals surface area (Å²) in [5.41, 5.74) is 2.65. The van der Waals surface area contributed by atoms with Crippen molar-refractivity contribution in [1.29, 1.82) is 0 Å². The predicted molar refractivity (Wildman–Crippen MR) is 107 cm³/mol. The molecule has 2 aromatic rings. The van der Waals surface area contributed by atoms with Crippen molar-refractivity contribution >= 4 is 41.3 Å². The molecule has 0 unspecified atom stereocenters. The van der Waals surface area contributed by atoms with Gasteiger partial charge in [-0.3, -0.25) is 4.99 Å². The van der Waals surface area contributed by atoms with E-state index in [0.717, 1.165) is 25.5 Å². The number of benzene rings is 1. The van der Waals surface area contributed by atoms with Gasteiger partial charge in [0.2, 0.25) is 0 Å². The standard InChI is InChI=1S/C17H23N3S.HI/c1-14-7-4-5-8-15(14)13-20(3)17(18-2)19-11-10-16-9-6-12-21-16;/h4-9,12H,10-11,13H2,1-3H3,(H,18,19);1H. The smallest absolute Gasteiger partial charge is 0.193 e. The molecule has 0 saturated heterocycles. The highest BCUT2D eigenvalue weighted by atomic mass is 127. The van der Waals surface area contributed by atoms with Crippen LogP contribution in [-0.4, -0.2) is 31.5 Å². The predicted octanol–water partition coefficient (Wildman–Crippen LogP) is 3.92. The van der Waals surface area contributed by atoms with Gasteiger partial charge in [-0.1, -0.05) is 30.3 Å². The minimum absolute atomic E-state index is 0. The Kier molecular flexibility index (Phi) is 8.48. The normalized spacial score (nSPS) is 11.0. The highest BCUT2D eigenvalue weighted by Crippen LogP contribution is 2.10. The van der Waals surface area contributed by atoms with E-state index < -0.39 is 0 Å². The average Bonchev–Trinajstić information content (AvgIpc) is 2.99. The van der Waals surface area contributed by atoms with E-state index in [-0.39, 0.29) is 24.0 Å². The van der Waals surface area contributed by atoms with E-state index in [2.05, 4.69) is 71.0 Å². The molecule has 0 spiro atoms. The number of hydrogen-bond acceptors (Lipinski definition) is 2. The first-order chi connectivity index (χ1) is 10.2. The maximum Gasteiger partial charge on any atom is 0.193 e. The van der Waals surface area contributed by atoms with Gasteiger partial charge in [-0.05, 0) is 35.9 Å². The molecule has 1 N–H and O–H groups in total. The quantitative estimate of drug-likeness (QED) is 0.443. The number of aryl methyl sites for hydroxylation is 1. The van der Waals surface area contributed by atoms with E-state index in [1.165, 1.54) is 16.0 Å². The Morgan fingerprint density at radius 1 is 1.23 bits per heavy atom. The van der Waals surface area contributed by atoms with Crippen LogP contribution in [0.25, 0.3) is 0 Å². The van der Waals surface area contributed by atoms with Crippen molar-refractivity contribution in [3.05, 3.63) is 57.8 Å². The first-order valence-electron chi connectivity index (χ1n) is 7.19. The number of rotatable bonds is 5. The van der Waals surface area contributed by atoms with Crippen LogP contribution in [0.2, 0.25) is 0 Å². The third kappa shape index (κ3) is 5.61. The summed E-state index contributed by atoms with van der Waals surface area (Å²) in [5, 5.41) is 5.55. The topological polar surface area (TPSA) is 27.6 Å². The van der Waals surface area contributed by atoms with Gasteiger partial charge in [0.05, 0.1) is 0 Å². The van der Waals surface area contributed by atoms with Gasteiger partial charge in [0.15, 0.2) is 5.96 Å². The number of thiophene rings is 1. The fourth-order valence-electron chi connectivity index (χ4n) is 2.25. The Hall–Kier alpha value is -1.08. The molecule has 2 rings (SSSR count). The highest BCUT2D eigenvalue weighted by Gasteiger charge is 2.07. The fraction of sp³-hybridized carbons (Fsp3) is 0.353. The van der Waals surface area contributed by atoms with Crippen molar-refractivity contribution in [2.75, 3.05) is 20.6 Å². The number of nitrogens with one attached hydrogen (secondary N) is 1. The lowest BCUT2D eigenvalue weighted by Gasteiger charge is -2.23. The van der Waals surface area contributed by atoms with Crippen LogP contribution in [0.3, 0.4) is 0 Å². The van der Waals surface area contributed by atoms with Gasteiger partial charge >= 0.3 is 0 Å². The summed E-state index contributed by atoms with van der Waals surface area (Å²) in [6.07, 6.45) is 1.04. The van der Waals surface area contributed by atoms with Crippen LogP contribution in [-0.2, 0) is 13.0 Å². The molecule has 0 bridgehead atoms. The zero-order valence-electron chi connectivity index (χ0n) is 13.4. The number of aliphatic imine (C=N–C) groups is 1. The molecule has 0 amide bonds. The van der Waals surface area contributed by atoms with Crippen LogP contribution in [0.4, 0.5) is 0 Å². The zero-order chi connectivity index (χ0) is 15.1. The second-order valence-corrected chi connectivity index (χ2v) is 6.12. The Morgan fingerprint density at radius 2 is 2.00 bits per heavy atom. The van der Waals surface area contributed by atoms with Crippen LogP contribution < -0.4 is 5.32 Å². The summed E-state index contributed by atoms with van der Waals surface area (Å²) >= 11 is 1.80. The minimum atomic E-state index is 0. The van der Waals surface area contributed by atoms with Gasteiger partial charge in [0.1, 0.15) is 0 Å². The van der Waals surface area contributed by atoms with Crippen LogP contribution in [0.15, 0.2) is 46.8 Å². The average molecular weight is 429 g/mol. The zero-order valence-corrected chi connectivity index (χ0v) is 16.5. The van der Waals surface area contributed by atoms with E-state index in [9.17, 15) is 0 Å². The van der Waals surface area contributed by atoms with E-state index in [4.69, 9.17) is 0 Å². The number of guanidine groups is 1. The summed E-state index contributed by atoms with van der Waals surface area (Å²) in [5.74, 6) is 0.940. The van der Waals surface area contributed by atoms with Crippen molar-refractivity contribution < 1.29 is 0 Å². The second kappa shape index (κ2) is 9.84. The minimum Gasteiger partial charge on any atom is -0.356 e. The maximum absolute atomic E-state index is 4.37. The molecule has 1 heterocycles. The van der Waals surface area contributed by atoms with Crippen molar-refractivity contribution in [3.8, 4) is 0 Å². The SMILES string of the molecule is CN=C(NCCc1cccs1)N(C)Cc1ccccc1C.I. The Morgan fingerprint density at radius 3 is 2.64 bits per heavy atom. The van der Waals surface area contributed by atoms with Crippen LogP contribution in [0, 0.1) is 6.92 Å². The number of halogens is 1. The number of hydrogen-bond donors (Lipinski definition) is 1. The maximum atomic E-state index is 4.37. The van der Waals surface area contributed by atoms with E-state index in [1.54, 1.807) is 11.3 Å². The van der Waals surface area contributed by atoms with Gasteiger partial charge in [0, 0.05) is 32.1 Å². The molecule has 3 nitrogen and oxygen atoms in total. The number of nitrogens with zero attached hydrogens (tertiary/aromatic N) is 2. The molecular weight excluding hydrogens is 405 g/mol. The highest BCUT2D eigenvalue weighted by molar-refractivity contribution is 14.0. The van der Waals surface area contributed by atoms with Crippen LogP contribution >= 0.6 is 35.3 Å². The largest absolute Gasteiger partial charge is 0.356 e. The lowest BCUT2D eigenvalue weighted by atomic mass is 10.1. The Labute approximate surface area is 154 Å². The van der Waals surface area contributed by atoms with Gasteiger partial charge in [0.25, 0.3) is 0 Å². The van der Waals surface area contributed by atoms with E-state index in [1.807, 2.05) is 7.05 Å².